The normalized spacial score (nSPS) is 40.0. The van der Waals surface area contributed by atoms with E-state index in [0.717, 1.165) is 56.0 Å². The van der Waals surface area contributed by atoms with Crippen LogP contribution in [0.3, 0.4) is 0 Å². The first kappa shape index (κ1) is 36.4. The second-order valence-electron chi connectivity index (χ2n) is 12.0. The van der Waals surface area contributed by atoms with Gasteiger partial charge in [-0.3, -0.25) is 4.79 Å². The zero-order chi connectivity index (χ0) is 29.0. The number of rotatable bonds is 4. The number of aliphatic hydroxyl groups is 2. The van der Waals surface area contributed by atoms with Crippen molar-refractivity contribution in [1.29, 1.82) is 0 Å². The van der Waals surface area contributed by atoms with Crippen molar-refractivity contribution in [2.45, 2.75) is 140 Å². The summed E-state index contributed by atoms with van der Waals surface area (Å²) in [6.07, 6.45) is 11.6. The van der Waals surface area contributed by atoms with Gasteiger partial charge in [0.15, 0.2) is 0 Å². The van der Waals surface area contributed by atoms with Gasteiger partial charge >= 0.3 is 5.97 Å². The Labute approximate surface area is 231 Å². The van der Waals surface area contributed by atoms with Gasteiger partial charge in [0.05, 0.1) is 13.2 Å². The molecule has 0 aliphatic heterocycles. The van der Waals surface area contributed by atoms with E-state index in [0.29, 0.717) is 29.1 Å². The number of carbonyl (C=O) groups is 1. The second kappa shape index (κ2) is 17.2. The molecule has 0 amide bonds. The van der Waals surface area contributed by atoms with Gasteiger partial charge in [0.2, 0.25) is 0 Å². The zero-order valence-corrected chi connectivity index (χ0v) is 26.9. The van der Waals surface area contributed by atoms with Crippen LogP contribution in [0, 0.1) is 52.3 Å². The number of hydrogen-bond acceptors (Lipinski definition) is 4. The van der Waals surface area contributed by atoms with Gasteiger partial charge in [-0.2, -0.15) is 0 Å². The van der Waals surface area contributed by atoms with Gasteiger partial charge in [0.1, 0.15) is 0 Å². The van der Waals surface area contributed by atoms with Gasteiger partial charge < -0.3 is 14.9 Å². The van der Waals surface area contributed by atoms with E-state index in [1.165, 1.54) is 45.6 Å². The highest BCUT2D eigenvalue weighted by Crippen LogP contribution is 2.69. The Morgan fingerprint density at radius 2 is 1.41 bits per heavy atom. The zero-order valence-electron chi connectivity index (χ0n) is 26.9. The molecule has 4 saturated carbocycles. The molecule has 10 atom stereocenters. The fraction of sp³-hybridized carbons (Fsp3) is 0.970. The Kier molecular flexibility index (Phi) is 16.9. The summed E-state index contributed by atoms with van der Waals surface area (Å²) in [5, 5.41) is 17.3. The molecule has 0 aromatic rings. The highest BCUT2D eigenvalue weighted by atomic mass is 16.5. The smallest absolute Gasteiger partial charge is 0.305 e. The SMILES string of the molecule is CC.CC.CC.CO.COC(=O)CC[C@@H](C)C1CCC2C3CC(C)C4CC(O)CCC4(C)C3CCC21C. The van der Waals surface area contributed by atoms with Gasteiger partial charge in [-0.25, -0.2) is 0 Å². The molecule has 4 fully saturated rings. The van der Waals surface area contributed by atoms with Gasteiger partial charge in [0, 0.05) is 13.5 Å². The van der Waals surface area contributed by atoms with Crippen LogP contribution in [-0.2, 0) is 9.53 Å². The first-order valence-corrected chi connectivity index (χ1v) is 15.9. The van der Waals surface area contributed by atoms with E-state index in [1.807, 2.05) is 41.5 Å². The highest BCUT2D eigenvalue weighted by Gasteiger charge is 2.61. The predicted molar refractivity (Wildman–Crippen MR) is 158 cm³/mol. The van der Waals surface area contributed by atoms with Crippen molar-refractivity contribution in [3.8, 4) is 0 Å². The van der Waals surface area contributed by atoms with Crippen LogP contribution in [-0.4, -0.2) is 36.5 Å². The van der Waals surface area contributed by atoms with E-state index in [2.05, 4.69) is 27.7 Å². The predicted octanol–water partition coefficient (Wildman–Crippen LogP) is 8.53. The van der Waals surface area contributed by atoms with Crippen LogP contribution in [0.5, 0.6) is 0 Å². The molecule has 0 heterocycles. The van der Waals surface area contributed by atoms with Crippen molar-refractivity contribution in [3.63, 3.8) is 0 Å². The average Bonchev–Trinajstić information content (AvgIpc) is 3.30. The monoisotopic (exact) mass is 526 g/mol. The summed E-state index contributed by atoms with van der Waals surface area (Å²) in [5.41, 5.74) is 0.894. The van der Waals surface area contributed by atoms with Crippen LogP contribution in [0.4, 0.5) is 0 Å². The summed E-state index contributed by atoms with van der Waals surface area (Å²) in [7, 11) is 2.50. The Bertz CT molecular complexity index is 621. The van der Waals surface area contributed by atoms with Crippen LogP contribution in [0.1, 0.15) is 133 Å². The third-order valence-electron chi connectivity index (χ3n) is 10.8. The van der Waals surface area contributed by atoms with Gasteiger partial charge in [0.25, 0.3) is 0 Å². The summed E-state index contributed by atoms with van der Waals surface area (Å²) in [5.74, 6) is 5.36. The molecule has 4 rings (SSSR count). The van der Waals surface area contributed by atoms with Crippen molar-refractivity contribution < 1.29 is 19.7 Å². The molecular weight excluding hydrogens is 460 g/mol. The van der Waals surface area contributed by atoms with Crippen molar-refractivity contribution in [1.82, 2.24) is 0 Å². The quantitative estimate of drug-likeness (QED) is 0.360. The standard InChI is InChI=1S/C26H44O3.3C2H6.CH4O/c1-16(6-9-24(28)29-5)20-7-8-21-19-14-17(2)23-15-18(27)10-12-26(23,4)22(19)11-13-25(20,21)3;4*1-2/h16-23,27H,6-15H2,1-5H3;3*1-2H3;2H,1H3/t16-,17?,18?,19?,20?,21?,22?,23?,25?,26?;;;;/m1..../s1. The summed E-state index contributed by atoms with van der Waals surface area (Å²) < 4.78 is 4.89. The molecule has 0 aromatic heterocycles. The van der Waals surface area contributed by atoms with E-state index in [4.69, 9.17) is 9.84 Å². The van der Waals surface area contributed by atoms with Crippen molar-refractivity contribution in [2.24, 2.45) is 52.3 Å². The highest BCUT2D eigenvalue weighted by molar-refractivity contribution is 5.69. The van der Waals surface area contributed by atoms with Crippen LogP contribution in [0.25, 0.3) is 0 Å². The summed E-state index contributed by atoms with van der Waals surface area (Å²) >= 11 is 0. The maximum absolute atomic E-state index is 11.7. The van der Waals surface area contributed by atoms with E-state index in [9.17, 15) is 9.90 Å². The fourth-order valence-electron chi connectivity index (χ4n) is 9.34. The van der Waals surface area contributed by atoms with Crippen LogP contribution < -0.4 is 0 Å². The Hall–Kier alpha value is -0.610. The first-order chi connectivity index (χ1) is 17.7. The minimum atomic E-state index is -0.0625. The average molecular weight is 527 g/mol. The first-order valence-electron chi connectivity index (χ1n) is 15.9. The lowest BCUT2D eigenvalue weighted by Gasteiger charge is -2.63. The molecule has 0 saturated heterocycles. The molecule has 9 unspecified atom stereocenters. The van der Waals surface area contributed by atoms with E-state index in [-0.39, 0.29) is 12.1 Å². The third-order valence-corrected chi connectivity index (χ3v) is 10.8. The summed E-state index contributed by atoms with van der Waals surface area (Å²) in [6, 6.07) is 0. The lowest BCUT2D eigenvalue weighted by molar-refractivity contribution is -0.149. The van der Waals surface area contributed by atoms with Crippen molar-refractivity contribution in [2.75, 3.05) is 14.2 Å². The second-order valence-corrected chi connectivity index (χ2v) is 12.0. The number of carbonyl (C=O) groups excluding carboxylic acids is 1. The number of esters is 1. The maximum Gasteiger partial charge on any atom is 0.305 e. The lowest BCUT2D eigenvalue weighted by Crippen LogP contribution is -2.56. The van der Waals surface area contributed by atoms with Crippen molar-refractivity contribution >= 4 is 5.97 Å². The molecule has 0 aromatic carbocycles. The van der Waals surface area contributed by atoms with Gasteiger partial charge in [-0.05, 0) is 110 Å². The maximum atomic E-state index is 11.7. The topological polar surface area (TPSA) is 66.8 Å². The Morgan fingerprint density at radius 3 is 1.97 bits per heavy atom. The summed E-state index contributed by atoms with van der Waals surface area (Å²) in [4.78, 5) is 11.7. The number of ether oxygens (including phenoxy) is 1. The molecular formula is C33H66O4. The summed E-state index contributed by atoms with van der Waals surface area (Å²) in [6.45, 7) is 22.1. The molecule has 4 heteroatoms. The van der Waals surface area contributed by atoms with Gasteiger partial charge in [-0.15, -0.1) is 0 Å². The number of fused-ring (bicyclic) bond motifs is 5. The molecule has 222 valence electrons. The van der Waals surface area contributed by atoms with Gasteiger partial charge in [-0.1, -0.05) is 69.2 Å². The Morgan fingerprint density at radius 1 is 0.865 bits per heavy atom. The molecule has 4 aliphatic carbocycles. The van der Waals surface area contributed by atoms with E-state index < -0.39 is 0 Å². The minimum absolute atomic E-state index is 0.0557. The minimum Gasteiger partial charge on any atom is -0.469 e. The molecule has 0 spiro atoms. The number of hydrogen-bond donors (Lipinski definition) is 2. The molecule has 4 nitrogen and oxygen atoms in total. The number of methoxy groups -OCH3 is 1. The van der Waals surface area contributed by atoms with E-state index in [1.54, 1.807) is 0 Å². The largest absolute Gasteiger partial charge is 0.469 e. The van der Waals surface area contributed by atoms with Crippen LogP contribution >= 0.6 is 0 Å². The van der Waals surface area contributed by atoms with E-state index >= 15 is 0 Å². The third kappa shape index (κ3) is 7.74. The molecule has 0 bridgehead atoms. The van der Waals surface area contributed by atoms with Crippen molar-refractivity contribution in [3.05, 3.63) is 0 Å². The molecule has 4 aliphatic rings. The molecule has 2 N–H and O–H groups in total. The molecule has 37 heavy (non-hydrogen) atoms. The van der Waals surface area contributed by atoms with Crippen LogP contribution in [0.2, 0.25) is 0 Å². The Balaban J connectivity index is 0.00000148. The fourth-order valence-corrected chi connectivity index (χ4v) is 9.34. The van der Waals surface area contributed by atoms with Crippen LogP contribution in [0.15, 0.2) is 0 Å². The number of aliphatic hydroxyl groups excluding tert-OH is 2. The molecule has 0 radical (unpaired) electrons. The lowest BCUT2D eigenvalue weighted by atomic mass is 9.42.